The molecular weight excluding hydrogens is 439 g/mol. The molecule has 1 unspecified atom stereocenters. The summed E-state index contributed by atoms with van der Waals surface area (Å²) in [6, 6.07) is 15.9. The fraction of sp³-hybridized carbons (Fsp3) is 0.125. The summed E-state index contributed by atoms with van der Waals surface area (Å²) in [4.78, 5) is 30.5. The van der Waals surface area contributed by atoms with Crippen LogP contribution in [0.4, 0.5) is 15.8 Å². The molecule has 10 heteroatoms. The molecule has 1 N–H and O–H groups in total. The largest absolute Gasteiger partial charge is 0.438 e. The molecule has 0 spiro atoms. The van der Waals surface area contributed by atoms with Crippen LogP contribution in [0.1, 0.15) is 6.42 Å². The minimum Gasteiger partial charge on any atom is -0.438 e. The van der Waals surface area contributed by atoms with Crippen LogP contribution in [0.25, 0.3) is 5.82 Å². The molecule has 1 atom stereocenters. The van der Waals surface area contributed by atoms with Crippen molar-refractivity contribution >= 4 is 23.2 Å². The van der Waals surface area contributed by atoms with Crippen molar-refractivity contribution in [3.63, 3.8) is 0 Å². The Morgan fingerprint density at radius 3 is 2.50 bits per heavy atom. The van der Waals surface area contributed by atoms with Crippen LogP contribution >= 0.6 is 0 Å². The lowest BCUT2D eigenvalue weighted by molar-refractivity contribution is -0.122. The lowest BCUT2D eigenvalue weighted by Crippen LogP contribution is -2.28. The summed E-state index contributed by atoms with van der Waals surface area (Å²) in [5, 5.41) is 11.0. The normalized spacial score (nSPS) is 15.4. The second kappa shape index (κ2) is 9.10. The Bertz CT molecular complexity index is 1290. The van der Waals surface area contributed by atoms with Gasteiger partial charge in [0.15, 0.2) is 5.82 Å². The quantitative estimate of drug-likeness (QED) is 0.474. The standard InChI is InChI=1S/C24H19FN6O3/c25-17-1-5-19(6-2-17)31-14-16(13-23(31)32)24(33)27-18-3-7-20(8-4-18)34-22-10-9-21(28-29-22)30-12-11-26-15-30/h1-12,15-16H,13-14H2,(H,27,33). The molecule has 0 saturated carbocycles. The lowest BCUT2D eigenvalue weighted by Gasteiger charge is -2.16. The van der Waals surface area contributed by atoms with E-state index in [4.69, 9.17) is 4.74 Å². The van der Waals surface area contributed by atoms with Gasteiger partial charge in [-0.15, -0.1) is 10.2 Å². The van der Waals surface area contributed by atoms with Crippen LogP contribution in [0, 0.1) is 11.7 Å². The van der Waals surface area contributed by atoms with Crippen LogP contribution in [0.3, 0.4) is 0 Å². The number of carbonyl (C=O) groups is 2. The van der Waals surface area contributed by atoms with Gasteiger partial charge in [0.1, 0.15) is 17.9 Å². The van der Waals surface area contributed by atoms with Crippen molar-refractivity contribution in [2.24, 2.45) is 5.92 Å². The molecular formula is C24H19FN6O3. The fourth-order valence-corrected chi connectivity index (χ4v) is 3.62. The predicted molar refractivity (Wildman–Crippen MR) is 121 cm³/mol. The summed E-state index contributed by atoms with van der Waals surface area (Å²) in [5.41, 5.74) is 1.15. The number of carbonyl (C=O) groups excluding carboxylic acids is 2. The first-order chi connectivity index (χ1) is 16.5. The third-order valence-corrected chi connectivity index (χ3v) is 5.37. The Labute approximate surface area is 193 Å². The van der Waals surface area contributed by atoms with Gasteiger partial charge in [0.05, 0.1) is 5.92 Å². The number of amides is 2. The van der Waals surface area contributed by atoms with Gasteiger partial charge in [-0.3, -0.25) is 14.2 Å². The first-order valence-electron chi connectivity index (χ1n) is 10.5. The van der Waals surface area contributed by atoms with Crippen LogP contribution in [-0.2, 0) is 9.59 Å². The molecule has 1 aliphatic rings. The number of ether oxygens (including phenoxy) is 1. The Balaban J connectivity index is 1.18. The van der Waals surface area contributed by atoms with Crippen molar-refractivity contribution in [1.29, 1.82) is 0 Å². The van der Waals surface area contributed by atoms with Crippen molar-refractivity contribution in [2.75, 3.05) is 16.8 Å². The lowest BCUT2D eigenvalue weighted by atomic mass is 10.1. The van der Waals surface area contributed by atoms with Crippen molar-refractivity contribution < 1.29 is 18.7 Å². The number of nitrogens with one attached hydrogen (secondary N) is 1. The van der Waals surface area contributed by atoms with Crippen LogP contribution < -0.4 is 15.0 Å². The molecule has 1 aliphatic heterocycles. The molecule has 0 bridgehead atoms. The van der Waals surface area contributed by atoms with E-state index in [0.717, 1.165) is 0 Å². The van der Waals surface area contributed by atoms with E-state index in [9.17, 15) is 14.0 Å². The number of halogens is 1. The summed E-state index contributed by atoms with van der Waals surface area (Å²) in [5.74, 6) is 0.162. The van der Waals surface area contributed by atoms with E-state index in [1.54, 1.807) is 59.7 Å². The van der Waals surface area contributed by atoms with Crippen molar-refractivity contribution in [3.8, 4) is 17.4 Å². The van der Waals surface area contributed by atoms with E-state index in [1.807, 2.05) is 0 Å². The minimum atomic E-state index is -0.502. The molecule has 1 fully saturated rings. The summed E-state index contributed by atoms with van der Waals surface area (Å²) in [6.45, 7) is 0.241. The number of anilines is 2. The Hall–Kier alpha value is -4.60. The first-order valence-corrected chi connectivity index (χ1v) is 10.5. The summed E-state index contributed by atoms with van der Waals surface area (Å²) >= 11 is 0. The Morgan fingerprint density at radius 1 is 1.03 bits per heavy atom. The molecule has 4 aromatic rings. The molecule has 2 aromatic carbocycles. The van der Waals surface area contributed by atoms with Crippen LogP contribution in [-0.4, -0.2) is 38.1 Å². The fourth-order valence-electron chi connectivity index (χ4n) is 3.62. The van der Waals surface area contributed by atoms with E-state index < -0.39 is 5.92 Å². The van der Waals surface area contributed by atoms with Gasteiger partial charge in [-0.25, -0.2) is 9.37 Å². The third-order valence-electron chi connectivity index (χ3n) is 5.37. The van der Waals surface area contributed by atoms with E-state index in [-0.39, 0.29) is 30.6 Å². The molecule has 2 aromatic heterocycles. The van der Waals surface area contributed by atoms with Crippen LogP contribution in [0.15, 0.2) is 79.4 Å². The zero-order chi connectivity index (χ0) is 23.5. The van der Waals surface area contributed by atoms with Gasteiger partial charge >= 0.3 is 0 Å². The highest BCUT2D eigenvalue weighted by Crippen LogP contribution is 2.27. The average molecular weight is 458 g/mol. The summed E-state index contributed by atoms with van der Waals surface area (Å²) in [7, 11) is 0. The number of hydrogen-bond donors (Lipinski definition) is 1. The average Bonchev–Trinajstić information content (AvgIpc) is 3.52. The van der Waals surface area contributed by atoms with Crippen molar-refractivity contribution in [1.82, 2.24) is 19.7 Å². The summed E-state index contributed by atoms with van der Waals surface area (Å²) < 4.78 is 20.6. The number of imidazole rings is 1. The monoisotopic (exact) mass is 458 g/mol. The number of hydrogen-bond acceptors (Lipinski definition) is 6. The number of benzene rings is 2. The molecule has 1 saturated heterocycles. The van der Waals surface area contributed by atoms with E-state index in [2.05, 4.69) is 20.5 Å². The van der Waals surface area contributed by atoms with Gasteiger partial charge in [-0.2, -0.15) is 0 Å². The molecule has 9 nitrogen and oxygen atoms in total. The second-order valence-corrected chi connectivity index (χ2v) is 7.70. The van der Waals surface area contributed by atoms with E-state index in [0.29, 0.717) is 28.8 Å². The molecule has 170 valence electrons. The zero-order valence-corrected chi connectivity index (χ0v) is 17.8. The molecule has 34 heavy (non-hydrogen) atoms. The second-order valence-electron chi connectivity index (χ2n) is 7.70. The van der Waals surface area contributed by atoms with E-state index >= 15 is 0 Å². The highest BCUT2D eigenvalue weighted by atomic mass is 19.1. The van der Waals surface area contributed by atoms with Gasteiger partial charge in [0.25, 0.3) is 0 Å². The highest BCUT2D eigenvalue weighted by Gasteiger charge is 2.35. The molecule has 3 heterocycles. The third kappa shape index (κ3) is 4.60. The molecule has 0 radical (unpaired) electrons. The summed E-state index contributed by atoms with van der Waals surface area (Å²) in [6.07, 6.45) is 5.13. The zero-order valence-electron chi connectivity index (χ0n) is 17.8. The SMILES string of the molecule is O=C(Nc1ccc(Oc2ccc(-n3ccnc3)nn2)cc1)C1CC(=O)N(c2ccc(F)cc2)C1. The van der Waals surface area contributed by atoms with Gasteiger partial charge in [0, 0.05) is 42.8 Å². The maximum Gasteiger partial charge on any atom is 0.238 e. The number of rotatable bonds is 6. The number of nitrogens with zero attached hydrogens (tertiary/aromatic N) is 5. The van der Waals surface area contributed by atoms with Crippen LogP contribution in [0.2, 0.25) is 0 Å². The maximum absolute atomic E-state index is 13.2. The van der Waals surface area contributed by atoms with Gasteiger partial charge in [-0.05, 0) is 54.6 Å². The Morgan fingerprint density at radius 2 is 1.82 bits per heavy atom. The van der Waals surface area contributed by atoms with E-state index in [1.165, 1.54) is 29.2 Å². The van der Waals surface area contributed by atoms with Crippen molar-refractivity contribution in [3.05, 3.63) is 85.2 Å². The minimum absolute atomic E-state index is 0.0954. The van der Waals surface area contributed by atoms with Gasteiger partial charge in [-0.1, -0.05) is 0 Å². The predicted octanol–water partition coefficient (Wildman–Crippen LogP) is 3.59. The molecule has 5 rings (SSSR count). The smallest absolute Gasteiger partial charge is 0.238 e. The van der Waals surface area contributed by atoms with Crippen molar-refractivity contribution in [2.45, 2.75) is 6.42 Å². The number of aromatic nitrogens is 4. The first kappa shape index (κ1) is 21.3. The maximum atomic E-state index is 13.2. The topological polar surface area (TPSA) is 102 Å². The Kier molecular flexibility index (Phi) is 5.69. The molecule has 2 amide bonds. The molecule has 0 aliphatic carbocycles. The van der Waals surface area contributed by atoms with Gasteiger partial charge in [0.2, 0.25) is 17.7 Å². The van der Waals surface area contributed by atoms with Crippen LogP contribution in [0.5, 0.6) is 11.6 Å². The van der Waals surface area contributed by atoms with Gasteiger partial charge < -0.3 is 15.0 Å². The highest BCUT2D eigenvalue weighted by molar-refractivity contribution is 6.03.